The zero-order chi connectivity index (χ0) is 17.6. The number of ether oxygens (including phenoxy) is 1. The van der Waals surface area contributed by atoms with Crippen molar-refractivity contribution in [1.29, 1.82) is 0 Å². The van der Waals surface area contributed by atoms with Crippen molar-refractivity contribution in [2.75, 3.05) is 17.7 Å². The van der Waals surface area contributed by atoms with Crippen LogP contribution in [0.25, 0.3) is 0 Å². The van der Waals surface area contributed by atoms with E-state index in [0.717, 1.165) is 0 Å². The molecule has 0 aliphatic heterocycles. The highest BCUT2D eigenvalue weighted by Crippen LogP contribution is 2.23. The van der Waals surface area contributed by atoms with E-state index >= 15 is 0 Å². The average molecular weight is 338 g/mol. The van der Waals surface area contributed by atoms with Crippen molar-refractivity contribution in [3.63, 3.8) is 0 Å². The topological polar surface area (TPSA) is 76.1 Å². The zero-order valence-corrected chi connectivity index (χ0v) is 13.4. The van der Waals surface area contributed by atoms with Gasteiger partial charge in [-0.1, -0.05) is 24.3 Å². The molecule has 7 heteroatoms. The van der Waals surface area contributed by atoms with Crippen LogP contribution in [0, 0.1) is 5.82 Å². The molecule has 1 aromatic heterocycles. The predicted octanol–water partition coefficient (Wildman–Crippen LogP) is 3.62. The molecule has 1 amide bonds. The number of nitrogens with zero attached hydrogens (tertiary/aromatic N) is 2. The van der Waals surface area contributed by atoms with Gasteiger partial charge in [0.15, 0.2) is 0 Å². The van der Waals surface area contributed by atoms with Crippen molar-refractivity contribution >= 4 is 23.1 Å². The number of benzene rings is 2. The van der Waals surface area contributed by atoms with Gasteiger partial charge in [0.2, 0.25) is 0 Å². The van der Waals surface area contributed by atoms with Crippen molar-refractivity contribution in [3.8, 4) is 5.75 Å². The smallest absolute Gasteiger partial charge is 0.275 e. The van der Waals surface area contributed by atoms with Gasteiger partial charge in [0.05, 0.1) is 30.9 Å². The number of aromatic nitrogens is 2. The van der Waals surface area contributed by atoms with Crippen LogP contribution in [0.4, 0.5) is 21.6 Å². The lowest BCUT2D eigenvalue weighted by Gasteiger charge is -2.10. The standard InChI is InChI=1S/C18H15FN4O2/c1-25-16-9-5-4-8-14(16)23-18(24)15-10-21-17(11-20-15)22-13-7-3-2-6-12(13)19/h2-11H,1H3,(H,21,22)(H,23,24). The third-order valence-corrected chi connectivity index (χ3v) is 3.38. The Hall–Kier alpha value is -3.48. The number of halogens is 1. The first-order valence-corrected chi connectivity index (χ1v) is 7.45. The summed E-state index contributed by atoms with van der Waals surface area (Å²) in [5, 5.41) is 5.52. The maximum atomic E-state index is 13.6. The Kier molecular flexibility index (Phi) is 4.84. The van der Waals surface area contributed by atoms with E-state index in [1.54, 1.807) is 42.5 Å². The van der Waals surface area contributed by atoms with Gasteiger partial charge in [0, 0.05) is 0 Å². The van der Waals surface area contributed by atoms with E-state index in [0.29, 0.717) is 17.3 Å². The number of hydrogen-bond acceptors (Lipinski definition) is 5. The van der Waals surface area contributed by atoms with E-state index in [4.69, 9.17) is 4.74 Å². The molecule has 0 spiro atoms. The van der Waals surface area contributed by atoms with Crippen LogP contribution in [0.5, 0.6) is 5.75 Å². The van der Waals surface area contributed by atoms with E-state index < -0.39 is 11.7 Å². The van der Waals surface area contributed by atoms with Gasteiger partial charge in [-0.25, -0.2) is 14.4 Å². The average Bonchev–Trinajstić information content (AvgIpc) is 2.64. The van der Waals surface area contributed by atoms with Crippen LogP contribution in [0.3, 0.4) is 0 Å². The van der Waals surface area contributed by atoms with Gasteiger partial charge >= 0.3 is 0 Å². The minimum Gasteiger partial charge on any atom is -0.495 e. The molecule has 126 valence electrons. The second-order valence-electron chi connectivity index (χ2n) is 5.05. The molecular weight excluding hydrogens is 323 g/mol. The van der Waals surface area contributed by atoms with Crippen molar-refractivity contribution in [1.82, 2.24) is 9.97 Å². The minimum atomic E-state index is -0.422. The Morgan fingerprint density at radius 3 is 2.40 bits per heavy atom. The lowest BCUT2D eigenvalue weighted by atomic mass is 10.3. The fourth-order valence-corrected chi connectivity index (χ4v) is 2.14. The summed E-state index contributed by atoms with van der Waals surface area (Å²) in [7, 11) is 1.52. The summed E-state index contributed by atoms with van der Waals surface area (Å²) in [6.07, 6.45) is 2.68. The molecule has 3 rings (SSSR count). The molecule has 0 aliphatic carbocycles. The molecule has 0 saturated heterocycles. The van der Waals surface area contributed by atoms with Gasteiger partial charge < -0.3 is 15.4 Å². The molecule has 0 unspecified atom stereocenters. The van der Waals surface area contributed by atoms with Crippen LogP contribution in [0.15, 0.2) is 60.9 Å². The lowest BCUT2D eigenvalue weighted by molar-refractivity contribution is 0.102. The molecule has 0 saturated carbocycles. The number of anilines is 3. The fraction of sp³-hybridized carbons (Fsp3) is 0.0556. The van der Waals surface area contributed by atoms with Crippen molar-refractivity contribution in [3.05, 3.63) is 72.4 Å². The molecule has 3 aromatic rings. The zero-order valence-electron chi connectivity index (χ0n) is 13.4. The monoisotopic (exact) mass is 338 g/mol. The third kappa shape index (κ3) is 3.89. The lowest BCUT2D eigenvalue weighted by Crippen LogP contribution is -2.14. The van der Waals surface area contributed by atoms with E-state index in [-0.39, 0.29) is 11.4 Å². The molecule has 0 atom stereocenters. The SMILES string of the molecule is COc1ccccc1NC(=O)c1cnc(Nc2ccccc2F)cn1. The Morgan fingerprint density at radius 1 is 1.00 bits per heavy atom. The number of carbonyl (C=O) groups is 1. The van der Waals surface area contributed by atoms with Crippen molar-refractivity contribution in [2.45, 2.75) is 0 Å². The molecule has 1 heterocycles. The summed E-state index contributed by atoms with van der Waals surface area (Å²) < 4.78 is 18.8. The molecule has 25 heavy (non-hydrogen) atoms. The molecule has 2 N–H and O–H groups in total. The molecule has 2 aromatic carbocycles. The summed E-state index contributed by atoms with van der Waals surface area (Å²) >= 11 is 0. The maximum absolute atomic E-state index is 13.6. The van der Waals surface area contributed by atoms with E-state index in [1.807, 2.05) is 0 Å². The molecule has 0 radical (unpaired) electrons. The molecular formula is C18H15FN4O2. The van der Waals surface area contributed by atoms with Gasteiger partial charge in [-0.3, -0.25) is 4.79 Å². The molecule has 6 nitrogen and oxygen atoms in total. The van der Waals surface area contributed by atoms with Gasteiger partial charge in [-0.05, 0) is 24.3 Å². The summed E-state index contributed by atoms with van der Waals surface area (Å²) in [5.41, 5.74) is 0.943. The van der Waals surface area contributed by atoms with Gasteiger partial charge in [0.1, 0.15) is 23.1 Å². The Bertz CT molecular complexity index is 884. The van der Waals surface area contributed by atoms with Crippen LogP contribution >= 0.6 is 0 Å². The Balaban J connectivity index is 1.71. The summed E-state index contributed by atoms with van der Waals surface area (Å²) in [4.78, 5) is 20.4. The third-order valence-electron chi connectivity index (χ3n) is 3.38. The van der Waals surface area contributed by atoms with E-state index in [9.17, 15) is 9.18 Å². The fourth-order valence-electron chi connectivity index (χ4n) is 2.14. The van der Waals surface area contributed by atoms with E-state index in [1.165, 1.54) is 25.6 Å². The highest BCUT2D eigenvalue weighted by molar-refractivity contribution is 6.03. The Labute approximate surface area is 143 Å². The highest BCUT2D eigenvalue weighted by Gasteiger charge is 2.11. The Morgan fingerprint density at radius 2 is 1.72 bits per heavy atom. The van der Waals surface area contributed by atoms with Crippen LogP contribution in [-0.4, -0.2) is 23.0 Å². The first kappa shape index (κ1) is 16.4. The predicted molar refractivity (Wildman–Crippen MR) is 92.7 cm³/mol. The molecule has 0 bridgehead atoms. The van der Waals surface area contributed by atoms with Gasteiger partial charge in [-0.2, -0.15) is 0 Å². The summed E-state index contributed by atoms with van der Waals surface area (Å²) in [6, 6.07) is 13.3. The first-order valence-electron chi connectivity index (χ1n) is 7.45. The van der Waals surface area contributed by atoms with Crippen molar-refractivity contribution in [2.24, 2.45) is 0 Å². The second-order valence-corrected chi connectivity index (χ2v) is 5.05. The normalized spacial score (nSPS) is 10.2. The number of rotatable bonds is 5. The highest BCUT2D eigenvalue weighted by atomic mass is 19.1. The minimum absolute atomic E-state index is 0.130. The second kappa shape index (κ2) is 7.39. The first-order chi connectivity index (χ1) is 12.2. The van der Waals surface area contributed by atoms with E-state index in [2.05, 4.69) is 20.6 Å². The molecule has 0 aliphatic rings. The molecule has 0 fully saturated rings. The number of para-hydroxylation sites is 3. The van der Waals surface area contributed by atoms with Gasteiger partial charge in [-0.15, -0.1) is 0 Å². The van der Waals surface area contributed by atoms with Crippen LogP contribution < -0.4 is 15.4 Å². The quantitative estimate of drug-likeness (QED) is 0.743. The number of amides is 1. The summed E-state index contributed by atoms with van der Waals surface area (Å²) in [6.45, 7) is 0. The van der Waals surface area contributed by atoms with Crippen LogP contribution in [0.1, 0.15) is 10.5 Å². The number of carbonyl (C=O) groups excluding carboxylic acids is 1. The number of methoxy groups -OCH3 is 1. The maximum Gasteiger partial charge on any atom is 0.275 e. The van der Waals surface area contributed by atoms with Crippen molar-refractivity contribution < 1.29 is 13.9 Å². The summed E-state index contributed by atoms with van der Waals surface area (Å²) in [5.74, 6) is 0.0531. The van der Waals surface area contributed by atoms with Crippen LogP contribution in [-0.2, 0) is 0 Å². The largest absolute Gasteiger partial charge is 0.495 e. The number of nitrogens with one attached hydrogen (secondary N) is 2. The van der Waals surface area contributed by atoms with Gasteiger partial charge in [0.25, 0.3) is 5.91 Å². The number of hydrogen-bond donors (Lipinski definition) is 2. The van der Waals surface area contributed by atoms with Crippen LogP contribution in [0.2, 0.25) is 0 Å².